The number of fused-ring (bicyclic) bond motifs is 1. The fourth-order valence-corrected chi connectivity index (χ4v) is 2.71. The number of aryl methyl sites for hydroxylation is 1. The van der Waals surface area contributed by atoms with E-state index in [4.69, 9.17) is 11.2 Å². The molecule has 1 amide bonds. The molecule has 0 bridgehead atoms. The molecule has 0 aliphatic carbocycles. The number of carbonyl (C=O) groups is 2. The van der Waals surface area contributed by atoms with Crippen molar-refractivity contribution >= 4 is 22.8 Å². The highest BCUT2D eigenvalue weighted by atomic mass is 16.5. The van der Waals surface area contributed by atoms with E-state index in [1.54, 1.807) is 37.3 Å². The van der Waals surface area contributed by atoms with Crippen molar-refractivity contribution in [3.8, 4) is 18.0 Å². The van der Waals surface area contributed by atoms with Crippen LogP contribution in [0.3, 0.4) is 0 Å². The van der Waals surface area contributed by atoms with Gasteiger partial charge in [0.1, 0.15) is 5.82 Å². The Bertz CT molecular complexity index is 1140. The number of hydrogen-bond donors (Lipinski definition) is 1. The first-order chi connectivity index (χ1) is 13.5. The minimum Gasteiger partial charge on any atom is -0.452 e. The lowest BCUT2D eigenvalue weighted by atomic mass is 10.2. The highest BCUT2D eigenvalue weighted by molar-refractivity contribution is 5.91. The van der Waals surface area contributed by atoms with Gasteiger partial charge in [-0.25, -0.2) is 9.78 Å². The Balaban J connectivity index is 1.81. The topological polar surface area (TPSA) is 90.3 Å². The molecule has 1 N–H and O–H groups in total. The second-order valence-electron chi connectivity index (χ2n) is 5.92. The predicted molar refractivity (Wildman–Crippen MR) is 104 cm³/mol. The standard InChI is InChI=1S/C21H17N3O4/c1-3-12-22-19(25)13-28-21(27)15-8-10-16(11-9-15)24-14(2)23-18-7-5-4-6-17(18)20(24)26/h1,4-11H,12-13H2,2H3,(H,22,25). The van der Waals surface area contributed by atoms with Gasteiger partial charge in [-0.15, -0.1) is 6.42 Å². The van der Waals surface area contributed by atoms with Crippen LogP contribution in [0.2, 0.25) is 0 Å². The van der Waals surface area contributed by atoms with Gasteiger partial charge in [0.05, 0.1) is 28.7 Å². The van der Waals surface area contributed by atoms with Gasteiger partial charge in [0, 0.05) is 0 Å². The summed E-state index contributed by atoms with van der Waals surface area (Å²) >= 11 is 0. The fraction of sp³-hybridized carbons (Fsp3) is 0.143. The first-order valence-corrected chi connectivity index (χ1v) is 8.47. The molecule has 1 aromatic heterocycles. The number of nitrogens with one attached hydrogen (secondary N) is 1. The molecule has 3 rings (SSSR count). The van der Waals surface area contributed by atoms with Crippen LogP contribution in [0.4, 0.5) is 0 Å². The number of amides is 1. The molecule has 140 valence electrons. The van der Waals surface area contributed by atoms with E-state index in [2.05, 4.69) is 16.2 Å². The van der Waals surface area contributed by atoms with Crippen LogP contribution in [0.15, 0.2) is 53.3 Å². The summed E-state index contributed by atoms with van der Waals surface area (Å²) < 4.78 is 6.41. The third-order valence-electron chi connectivity index (χ3n) is 4.03. The lowest BCUT2D eigenvalue weighted by Crippen LogP contribution is -2.29. The zero-order valence-corrected chi connectivity index (χ0v) is 15.1. The zero-order chi connectivity index (χ0) is 20.1. The Kier molecular flexibility index (Phi) is 5.51. The monoisotopic (exact) mass is 375 g/mol. The molecule has 0 fully saturated rings. The SMILES string of the molecule is C#CCNC(=O)COC(=O)c1ccc(-n2c(C)nc3ccccc3c2=O)cc1. The van der Waals surface area contributed by atoms with E-state index in [1.165, 1.54) is 16.7 Å². The first kappa shape index (κ1) is 18.9. The van der Waals surface area contributed by atoms with Crippen LogP contribution in [-0.2, 0) is 9.53 Å². The van der Waals surface area contributed by atoms with Gasteiger partial charge >= 0.3 is 5.97 Å². The molecular formula is C21H17N3O4. The summed E-state index contributed by atoms with van der Waals surface area (Å²) in [5.74, 6) is 1.66. The molecule has 0 saturated carbocycles. The summed E-state index contributed by atoms with van der Waals surface area (Å²) in [4.78, 5) is 40.7. The Morgan fingerprint density at radius 3 is 2.61 bits per heavy atom. The molecule has 0 aliphatic heterocycles. The number of aromatic nitrogens is 2. The summed E-state index contributed by atoms with van der Waals surface area (Å²) in [6.45, 7) is 1.39. The second kappa shape index (κ2) is 8.18. The molecule has 0 saturated heterocycles. The largest absolute Gasteiger partial charge is 0.452 e. The average molecular weight is 375 g/mol. The smallest absolute Gasteiger partial charge is 0.338 e. The number of esters is 1. The van der Waals surface area contributed by atoms with Crippen LogP contribution in [0.5, 0.6) is 0 Å². The quantitative estimate of drug-likeness (QED) is 0.540. The Hall–Kier alpha value is -3.92. The Morgan fingerprint density at radius 2 is 1.89 bits per heavy atom. The highest BCUT2D eigenvalue weighted by Gasteiger charge is 2.12. The molecule has 0 radical (unpaired) electrons. The molecule has 0 spiro atoms. The Labute approximate surface area is 161 Å². The number of terminal acetylenes is 1. The van der Waals surface area contributed by atoms with Crippen molar-refractivity contribution in [3.63, 3.8) is 0 Å². The molecule has 7 nitrogen and oxygen atoms in total. The predicted octanol–water partition coefficient (Wildman–Crippen LogP) is 1.60. The van der Waals surface area contributed by atoms with Gasteiger partial charge in [0.15, 0.2) is 6.61 Å². The van der Waals surface area contributed by atoms with E-state index in [0.717, 1.165) is 0 Å². The molecular weight excluding hydrogens is 358 g/mol. The Morgan fingerprint density at radius 1 is 1.18 bits per heavy atom. The molecule has 7 heteroatoms. The van der Waals surface area contributed by atoms with Gasteiger partial charge in [-0.3, -0.25) is 14.2 Å². The average Bonchev–Trinajstić information content (AvgIpc) is 2.71. The van der Waals surface area contributed by atoms with Gasteiger partial charge in [-0.1, -0.05) is 18.1 Å². The number of para-hydroxylation sites is 1. The van der Waals surface area contributed by atoms with Gasteiger partial charge in [-0.05, 0) is 43.3 Å². The van der Waals surface area contributed by atoms with Crippen molar-refractivity contribution in [2.75, 3.05) is 13.2 Å². The molecule has 28 heavy (non-hydrogen) atoms. The normalized spacial score (nSPS) is 10.3. The summed E-state index contributed by atoms with van der Waals surface area (Å²) in [5.41, 5.74) is 1.27. The van der Waals surface area contributed by atoms with E-state index < -0.39 is 18.5 Å². The molecule has 1 heterocycles. The summed E-state index contributed by atoms with van der Waals surface area (Å²) in [5, 5.41) is 2.91. The number of carbonyl (C=O) groups excluding carboxylic acids is 2. The number of ether oxygens (including phenoxy) is 1. The van der Waals surface area contributed by atoms with E-state index in [9.17, 15) is 14.4 Å². The van der Waals surface area contributed by atoms with Crippen LogP contribution in [0, 0.1) is 19.3 Å². The lowest BCUT2D eigenvalue weighted by molar-refractivity contribution is -0.123. The van der Waals surface area contributed by atoms with Crippen LogP contribution in [-0.4, -0.2) is 34.6 Å². The third kappa shape index (κ3) is 3.91. The van der Waals surface area contributed by atoms with E-state index in [1.807, 2.05) is 6.07 Å². The molecule has 0 unspecified atom stereocenters. The third-order valence-corrected chi connectivity index (χ3v) is 4.03. The highest BCUT2D eigenvalue weighted by Crippen LogP contribution is 2.14. The maximum Gasteiger partial charge on any atom is 0.338 e. The zero-order valence-electron chi connectivity index (χ0n) is 15.1. The second-order valence-corrected chi connectivity index (χ2v) is 5.92. The maximum absolute atomic E-state index is 12.8. The molecule has 0 aliphatic rings. The van der Waals surface area contributed by atoms with Crippen molar-refractivity contribution in [2.24, 2.45) is 0 Å². The molecule has 0 atom stereocenters. The van der Waals surface area contributed by atoms with E-state index in [-0.39, 0.29) is 17.7 Å². The summed E-state index contributed by atoms with van der Waals surface area (Å²) in [6, 6.07) is 13.4. The van der Waals surface area contributed by atoms with Gasteiger partial charge in [-0.2, -0.15) is 0 Å². The van der Waals surface area contributed by atoms with E-state index in [0.29, 0.717) is 22.4 Å². The minimum absolute atomic E-state index is 0.0684. The summed E-state index contributed by atoms with van der Waals surface area (Å²) in [7, 11) is 0. The minimum atomic E-state index is -0.650. The number of rotatable bonds is 5. The number of hydrogen-bond acceptors (Lipinski definition) is 5. The van der Waals surface area contributed by atoms with Gasteiger partial charge in [0.2, 0.25) is 0 Å². The maximum atomic E-state index is 12.8. The van der Waals surface area contributed by atoms with Crippen LogP contribution in [0.25, 0.3) is 16.6 Å². The van der Waals surface area contributed by atoms with Crippen molar-refractivity contribution < 1.29 is 14.3 Å². The summed E-state index contributed by atoms with van der Waals surface area (Å²) in [6.07, 6.45) is 5.04. The van der Waals surface area contributed by atoms with Crippen molar-refractivity contribution in [2.45, 2.75) is 6.92 Å². The van der Waals surface area contributed by atoms with Gasteiger partial charge in [0.25, 0.3) is 11.5 Å². The number of nitrogens with zero attached hydrogens (tertiary/aromatic N) is 2. The van der Waals surface area contributed by atoms with E-state index >= 15 is 0 Å². The van der Waals surface area contributed by atoms with Crippen molar-refractivity contribution in [1.82, 2.24) is 14.9 Å². The molecule has 3 aromatic rings. The molecule has 2 aromatic carbocycles. The first-order valence-electron chi connectivity index (χ1n) is 8.47. The van der Waals surface area contributed by atoms with Crippen molar-refractivity contribution in [3.05, 3.63) is 70.3 Å². The van der Waals surface area contributed by atoms with Crippen LogP contribution in [0.1, 0.15) is 16.2 Å². The fourth-order valence-electron chi connectivity index (χ4n) is 2.71. The van der Waals surface area contributed by atoms with Crippen LogP contribution < -0.4 is 10.9 Å². The van der Waals surface area contributed by atoms with Crippen LogP contribution >= 0.6 is 0 Å². The van der Waals surface area contributed by atoms with Crippen molar-refractivity contribution in [1.29, 1.82) is 0 Å². The van der Waals surface area contributed by atoms with Gasteiger partial charge < -0.3 is 10.1 Å². The lowest BCUT2D eigenvalue weighted by Gasteiger charge is -2.11. The number of benzene rings is 2.